The minimum absolute atomic E-state index is 0.534. The van der Waals surface area contributed by atoms with Crippen LogP contribution in [-0.2, 0) is 0 Å². The Labute approximate surface area is 94.3 Å². The molecule has 0 amide bonds. The number of rotatable bonds is 2. The number of hydrogen-bond donors (Lipinski definition) is 0. The molecule has 2 heteroatoms. The summed E-state index contributed by atoms with van der Waals surface area (Å²) in [6.07, 6.45) is 3.22. The number of fused-ring (bicyclic) bond motifs is 1. The fourth-order valence-electron chi connectivity index (χ4n) is 2.31. The maximum absolute atomic E-state index is 11.0. The Kier molecular flexibility index (Phi) is 1.93. The van der Waals surface area contributed by atoms with Crippen molar-refractivity contribution in [2.45, 2.75) is 32.6 Å². The first-order valence-corrected chi connectivity index (χ1v) is 5.70. The molecule has 1 aromatic carbocycles. The molecule has 0 spiro atoms. The molecule has 0 unspecified atom stereocenters. The zero-order valence-electron chi connectivity index (χ0n) is 9.54. The van der Waals surface area contributed by atoms with Gasteiger partial charge in [0.05, 0.1) is 0 Å². The van der Waals surface area contributed by atoms with Gasteiger partial charge in [-0.3, -0.25) is 4.79 Å². The molecule has 1 saturated carbocycles. The molecule has 1 aliphatic carbocycles. The first-order chi connectivity index (χ1) is 7.72. The second kappa shape index (κ2) is 3.21. The van der Waals surface area contributed by atoms with E-state index < -0.39 is 0 Å². The summed E-state index contributed by atoms with van der Waals surface area (Å²) < 4.78 is 5.69. The molecule has 2 aromatic rings. The number of carbonyl (C=O) groups excluding carboxylic acids is 1. The standard InChI is InChI=1S/C14H14O2/c1-8-3-6-11-13(10-4-5-10)12(7-15)16-14(11)9(8)2/h3,6-7,10H,4-5H2,1-2H3. The summed E-state index contributed by atoms with van der Waals surface area (Å²) in [7, 11) is 0. The molecule has 0 saturated heterocycles. The molecular formula is C14H14O2. The molecule has 0 N–H and O–H groups in total. The molecule has 1 aromatic heterocycles. The fraction of sp³-hybridized carbons (Fsp3) is 0.357. The molecule has 0 atom stereocenters. The zero-order chi connectivity index (χ0) is 11.3. The van der Waals surface area contributed by atoms with Crippen molar-refractivity contribution >= 4 is 17.3 Å². The van der Waals surface area contributed by atoms with E-state index in [0.29, 0.717) is 11.7 Å². The van der Waals surface area contributed by atoms with E-state index in [1.54, 1.807) is 0 Å². The Morgan fingerprint density at radius 3 is 2.69 bits per heavy atom. The average Bonchev–Trinajstić information content (AvgIpc) is 3.04. The van der Waals surface area contributed by atoms with Gasteiger partial charge in [0.1, 0.15) is 5.58 Å². The number of furan rings is 1. The minimum atomic E-state index is 0.534. The van der Waals surface area contributed by atoms with E-state index in [1.165, 1.54) is 18.4 Å². The maximum Gasteiger partial charge on any atom is 0.185 e. The van der Waals surface area contributed by atoms with Gasteiger partial charge < -0.3 is 4.42 Å². The van der Waals surface area contributed by atoms with Gasteiger partial charge >= 0.3 is 0 Å². The van der Waals surface area contributed by atoms with Crippen LogP contribution in [0, 0.1) is 13.8 Å². The summed E-state index contributed by atoms with van der Waals surface area (Å²) in [4.78, 5) is 11.0. The second-order valence-corrected chi connectivity index (χ2v) is 4.66. The molecule has 0 radical (unpaired) electrons. The third-order valence-electron chi connectivity index (χ3n) is 3.54. The van der Waals surface area contributed by atoms with Crippen molar-refractivity contribution in [3.63, 3.8) is 0 Å². The van der Waals surface area contributed by atoms with E-state index in [-0.39, 0.29) is 0 Å². The fourth-order valence-corrected chi connectivity index (χ4v) is 2.31. The minimum Gasteiger partial charge on any atom is -0.453 e. The number of carbonyl (C=O) groups is 1. The van der Waals surface area contributed by atoms with Crippen LogP contribution in [0.15, 0.2) is 16.5 Å². The molecule has 0 aliphatic heterocycles. The van der Waals surface area contributed by atoms with Gasteiger partial charge in [0, 0.05) is 10.9 Å². The number of hydrogen-bond acceptors (Lipinski definition) is 2. The van der Waals surface area contributed by atoms with E-state index in [4.69, 9.17) is 4.42 Å². The zero-order valence-corrected chi connectivity index (χ0v) is 9.54. The van der Waals surface area contributed by atoms with Crippen LogP contribution in [0.1, 0.15) is 46.0 Å². The lowest BCUT2D eigenvalue weighted by Crippen LogP contribution is -1.84. The molecule has 2 nitrogen and oxygen atoms in total. The van der Waals surface area contributed by atoms with Crippen molar-refractivity contribution in [3.05, 3.63) is 34.6 Å². The van der Waals surface area contributed by atoms with E-state index >= 15 is 0 Å². The Bertz CT molecular complexity index is 574. The smallest absolute Gasteiger partial charge is 0.185 e. The quantitative estimate of drug-likeness (QED) is 0.713. The lowest BCUT2D eigenvalue weighted by atomic mass is 10.0. The largest absolute Gasteiger partial charge is 0.453 e. The number of benzene rings is 1. The number of aryl methyl sites for hydroxylation is 2. The van der Waals surface area contributed by atoms with Crippen molar-refractivity contribution in [2.75, 3.05) is 0 Å². The Balaban J connectivity index is 2.38. The van der Waals surface area contributed by atoms with Gasteiger partial charge in [-0.15, -0.1) is 0 Å². The summed E-state index contributed by atoms with van der Waals surface area (Å²) in [6.45, 7) is 4.11. The average molecular weight is 214 g/mol. The van der Waals surface area contributed by atoms with Crippen LogP contribution in [-0.4, -0.2) is 6.29 Å². The number of aldehydes is 1. The van der Waals surface area contributed by atoms with Crippen LogP contribution in [0.5, 0.6) is 0 Å². The predicted octanol–water partition coefficient (Wildman–Crippen LogP) is 3.74. The lowest BCUT2D eigenvalue weighted by Gasteiger charge is -2.00. The molecule has 1 aliphatic rings. The van der Waals surface area contributed by atoms with Gasteiger partial charge in [0.2, 0.25) is 0 Å². The van der Waals surface area contributed by atoms with Gasteiger partial charge in [-0.1, -0.05) is 12.1 Å². The van der Waals surface area contributed by atoms with Gasteiger partial charge in [-0.25, -0.2) is 0 Å². The molecule has 1 heterocycles. The van der Waals surface area contributed by atoms with Crippen LogP contribution in [0.4, 0.5) is 0 Å². The normalized spacial score (nSPS) is 15.6. The molecule has 16 heavy (non-hydrogen) atoms. The molecule has 82 valence electrons. The van der Waals surface area contributed by atoms with Crippen LogP contribution in [0.2, 0.25) is 0 Å². The van der Waals surface area contributed by atoms with Gasteiger partial charge in [-0.2, -0.15) is 0 Å². The van der Waals surface area contributed by atoms with Crippen molar-refractivity contribution in [1.29, 1.82) is 0 Å². The first kappa shape index (κ1) is 9.64. The van der Waals surface area contributed by atoms with Crippen LogP contribution in [0.25, 0.3) is 11.0 Å². The third-order valence-corrected chi connectivity index (χ3v) is 3.54. The molecule has 0 bridgehead atoms. The van der Waals surface area contributed by atoms with Crippen molar-refractivity contribution in [3.8, 4) is 0 Å². The van der Waals surface area contributed by atoms with Gasteiger partial charge in [0.25, 0.3) is 0 Å². The maximum atomic E-state index is 11.0. The predicted molar refractivity (Wildman–Crippen MR) is 63.1 cm³/mol. The highest BCUT2D eigenvalue weighted by Gasteiger charge is 2.31. The highest BCUT2D eigenvalue weighted by Crippen LogP contribution is 2.46. The third kappa shape index (κ3) is 1.22. The SMILES string of the molecule is Cc1ccc2c(C3CC3)c(C=O)oc2c1C. The summed E-state index contributed by atoms with van der Waals surface area (Å²) in [6, 6.07) is 4.19. The Morgan fingerprint density at radius 2 is 2.06 bits per heavy atom. The summed E-state index contributed by atoms with van der Waals surface area (Å²) in [5, 5.41) is 1.13. The van der Waals surface area contributed by atoms with Crippen molar-refractivity contribution < 1.29 is 9.21 Å². The van der Waals surface area contributed by atoms with E-state index in [2.05, 4.69) is 19.1 Å². The monoisotopic (exact) mass is 214 g/mol. The second-order valence-electron chi connectivity index (χ2n) is 4.66. The first-order valence-electron chi connectivity index (χ1n) is 5.70. The van der Waals surface area contributed by atoms with Crippen LogP contribution >= 0.6 is 0 Å². The van der Waals surface area contributed by atoms with Crippen LogP contribution in [0.3, 0.4) is 0 Å². The van der Waals surface area contributed by atoms with Crippen molar-refractivity contribution in [1.82, 2.24) is 0 Å². The van der Waals surface area contributed by atoms with Crippen LogP contribution < -0.4 is 0 Å². The van der Waals surface area contributed by atoms with E-state index in [9.17, 15) is 4.79 Å². The van der Waals surface area contributed by atoms with Gasteiger partial charge in [0.15, 0.2) is 12.0 Å². The summed E-state index contributed by atoms with van der Waals surface area (Å²) in [5.41, 5.74) is 4.38. The Hall–Kier alpha value is -1.57. The van der Waals surface area contributed by atoms with E-state index in [1.807, 2.05) is 6.92 Å². The highest BCUT2D eigenvalue weighted by atomic mass is 16.3. The summed E-state index contributed by atoms with van der Waals surface area (Å²) in [5.74, 6) is 1.08. The lowest BCUT2D eigenvalue weighted by molar-refractivity contribution is 0.110. The van der Waals surface area contributed by atoms with Crippen molar-refractivity contribution in [2.24, 2.45) is 0 Å². The van der Waals surface area contributed by atoms with E-state index in [0.717, 1.165) is 28.4 Å². The highest BCUT2D eigenvalue weighted by molar-refractivity contribution is 5.92. The molecular weight excluding hydrogens is 200 g/mol. The molecule has 3 rings (SSSR count). The van der Waals surface area contributed by atoms with Gasteiger partial charge in [-0.05, 0) is 43.7 Å². The Morgan fingerprint density at radius 1 is 1.31 bits per heavy atom. The molecule has 1 fully saturated rings. The summed E-state index contributed by atoms with van der Waals surface area (Å²) >= 11 is 0. The topological polar surface area (TPSA) is 30.2 Å².